The zero-order chi connectivity index (χ0) is 11.5. The highest BCUT2D eigenvalue weighted by Crippen LogP contribution is 2.39. The van der Waals surface area contributed by atoms with Crippen LogP contribution in [-0.4, -0.2) is 34.5 Å². The zero-order valence-corrected chi connectivity index (χ0v) is 10.3. The summed E-state index contributed by atoms with van der Waals surface area (Å²) in [5.74, 6) is 0. The van der Waals surface area contributed by atoms with Crippen LogP contribution in [-0.2, 0) is 27.9 Å². The predicted molar refractivity (Wildman–Crippen MR) is 53.0 cm³/mol. The Bertz CT molecular complexity index is 327. The molecule has 0 spiro atoms. The minimum absolute atomic E-state index is 0.00843. The lowest BCUT2D eigenvalue weighted by Crippen LogP contribution is -2.38. The lowest BCUT2D eigenvalue weighted by Gasteiger charge is -2.28. The van der Waals surface area contributed by atoms with Crippen molar-refractivity contribution in [1.82, 2.24) is 0 Å². The maximum absolute atomic E-state index is 10.8. The molecule has 0 bridgehead atoms. The van der Waals surface area contributed by atoms with E-state index in [1.54, 1.807) is 0 Å². The second-order valence-electron chi connectivity index (χ2n) is 3.59. The van der Waals surface area contributed by atoms with Crippen LogP contribution in [0.25, 0.3) is 0 Å². The van der Waals surface area contributed by atoms with Crippen molar-refractivity contribution in [3.05, 3.63) is 0 Å². The fourth-order valence-corrected chi connectivity index (χ4v) is 2.38. The summed E-state index contributed by atoms with van der Waals surface area (Å²) in [5, 5.41) is 0. The summed E-state index contributed by atoms with van der Waals surface area (Å²) in [4.78, 5) is 0. The van der Waals surface area contributed by atoms with E-state index in [4.69, 9.17) is 13.2 Å². The minimum Gasteiger partial charge on any atom is -0.270 e. The van der Waals surface area contributed by atoms with Gasteiger partial charge < -0.3 is 0 Å². The number of rotatable bonds is 4. The van der Waals surface area contributed by atoms with Crippen LogP contribution in [0.2, 0.25) is 0 Å². The Morgan fingerprint density at radius 2 is 1.93 bits per heavy atom. The van der Waals surface area contributed by atoms with Crippen LogP contribution in [0, 0.1) is 5.41 Å². The molecule has 0 aromatic carbocycles. The SMILES string of the molecule is CCC1(COS(C)(=O)=O)CO[P+](=O)OC1. The van der Waals surface area contributed by atoms with Crippen molar-refractivity contribution in [2.75, 3.05) is 26.1 Å². The lowest BCUT2D eigenvalue weighted by atomic mass is 9.88. The van der Waals surface area contributed by atoms with Crippen LogP contribution in [0.3, 0.4) is 0 Å². The Kier molecular flexibility index (Phi) is 4.20. The molecule has 1 rings (SSSR count). The maximum Gasteiger partial charge on any atom is 0.697 e. The maximum atomic E-state index is 10.8. The van der Waals surface area contributed by atoms with E-state index in [2.05, 4.69) is 0 Å². The molecule has 0 atom stereocenters. The Labute approximate surface area is 90.0 Å². The van der Waals surface area contributed by atoms with Gasteiger partial charge in [0, 0.05) is 4.57 Å². The standard InChI is InChI=1S/C7H14O6PS/c1-3-7(6-13-15(2,9)10)4-11-14(8)12-5-7/h3-6H2,1-2H3/q+1. The number of hydrogen-bond donors (Lipinski definition) is 0. The van der Waals surface area contributed by atoms with Crippen LogP contribution in [0.1, 0.15) is 13.3 Å². The molecular formula is C7H14O6PS+. The van der Waals surface area contributed by atoms with E-state index in [0.717, 1.165) is 6.26 Å². The highest BCUT2D eigenvalue weighted by molar-refractivity contribution is 7.85. The van der Waals surface area contributed by atoms with Crippen molar-refractivity contribution in [3.63, 3.8) is 0 Å². The third-order valence-electron chi connectivity index (χ3n) is 2.28. The van der Waals surface area contributed by atoms with Crippen LogP contribution < -0.4 is 0 Å². The monoisotopic (exact) mass is 257 g/mol. The Morgan fingerprint density at radius 3 is 2.33 bits per heavy atom. The van der Waals surface area contributed by atoms with Gasteiger partial charge in [0.1, 0.15) is 13.2 Å². The summed E-state index contributed by atoms with van der Waals surface area (Å²) in [5.41, 5.74) is -0.522. The molecule has 1 aliphatic heterocycles. The van der Waals surface area contributed by atoms with Gasteiger partial charge in [-0.25, -0.2) is 0 Å². The summed E-state index contributed by atoms with van der Waals surface area (Å²) in [6.07, 6.45) is 1.62. The van der Waals surface area contributed by atoms with Crippen molar-refractivity contribution in [3.8, 4) is 0 Å². The Balaban J connectivity index is 2.58. The summed E-state index contributed by atoms with van der Waals surface area (Å²) < 4.78 is 46.9. The highest BCUT2D eigenvalue weighted by atomic mass is 32.2. The van der Waals surface area contributed by atoms with E-state index in [-0.39, 0.29) is 19.8 Å². The third kappa shape index (κ3) is 4.12. The molecule has 1 fully saturated rings. The quantitative estimate of drug-likeness (QED) is 0.553. The molecule has 0 amide bonds. The van der Waals surface area contributed by atoms with Gasteiger partial charge in [0.2, 0.25) is 0 Å². The van der Waals surface area contributed by atoms with E-state index in [1.807, 2.05) is 6.92 Å². The van der Waals surface area contributed by atoms with Gasteiger partial charge in [0.15, 0.2) is 0 Å². The molecular weight excluding hydrogens is 243 g/mol. The highest BCUT2D eigenvalue weighted by Gasteiger charge is 2.43. The normalized spacial score (nSPS) is 30.4. The molecule has 1 aliphatic rings. The van der Waals surface area contributed by atoms with Gasteiger partial charge in [-0.15, -0.1) is 9.05 Å². The molecule has 15 heavy (non-hydrogen) atoms. The molecule has 0 unspecified atom stereocenters. The Hall–Kier alpha value is -0.0700. The minimum atomic E-state index is -3.47. The second kappa shape index (κ2) is 4.84. The molecule has 0 aliphatic carbocycles. The van der Waals surface area contributed by atoms with E-state index >= 15 is 0 Å². The molecule has 88 valence electrons. The van der Waals surface area contributed by atoms with Crippen LogP contribution in [0.15, 0.2) is 0 Å². The average Bonchev–Trinajstić information content (AvgIpc) is 2.17. The van der Waals surface area contributed by atoms with Crippen molar-refractivity contribution < 1.29 is 26.2 Å². The van der Waals surface area contributed by atoms with Crippen molar-refractivity contribution in [2.24, 2.45) is 5.41 Å². The fourth-order valence-electron chi connectivity index (χ4n) is 1.08. The van der Waals surface area contributed by atoms with Crippen molar-refractivity contribution >= 4 is 18.4 Å². The molecule has 0 saturated carbocycles. The molecule has 0 aromatic rings. The van der Waals surface area contributed by atoms with E-state index in [1.165, 1.54) is 0 Å². The topological polar surface area (TPSA) is 78.9 Å². The average molecular weight is 257 g/mol. The first-order valence-corrected chi connectivity index (χ1v) is 7.36. The first-order valence-electron chi connectivity index (χ1n) is 4.44. The van der Waals surface area contributed by atoms with Gasteiger partial charge >= 0.3 is 8.25 Å². The molecule has 1 heterocycles. The largest absolute Gasteiger partial charge is 0.697 e. The van der Waals surface area contributed by atoms with Gasteiger partial charge in [-0.2, -0.15) is 8.42 Å². The summed E-state index contributed by atoms with van der Waals surface area (Å²) in [6.45, 7) is 2.24. The summed E-state index contributed by atoms with van der Waals surface area (Å²) in [6, 6.07) is 0. The molecule has 1 saturated heterocycles. The van der Waals surface area contributed by atoms with Gasteiger partial charge in [0.25, 0.3) is 10.1 Å². The van der Waals surface area contributed by atoms with Crippen LogP contribution >= 0.6 is 8.25 Å². The smallest absolute Gasteiger partial charge is 0.270 e. The fraction of sp³-hybridized carbons (Fsp3) is 1.00. The molecule has 0 aromatic heterocycles. The van der Waals surface area contributed by atoms with E-state index < -0.39 is 23.8 Å². The van der Waals surface area contributed by atoms with Gasteiger partial charge in [-0.1, -0.05) is 6.92 Å². The van der Waals surface area contributed by atoms with Crippen molar-refractivity contribution in [2.45, 2.75) is 13.3 Å². The van der Waals surface area contributed by atoms with Gasteiger partial charge in [0.05, 0.1) is 18.3 Å². The summed E-state index contributed by atoms with van der Waals surface area (Å²) in [7, 11) is -5.52. The molecule has 0 radical (unpaired) electrons. The first-order chi connectivity index (χ1) is 6.87. The molecule has 6 nitrogen and oxygen atoms in total. The lowest BCUT2D eigenvalue weighted by molar-refractivity contribution is -0.00590. The van der Waals surface area contributed by atoms with Crippen LogP contribution in [0.5, 0.6) is 0 Å². The van der Waals surface area contributed by atoms with Gasteiger partial charge in [-0.05, 0) is 6.42 Å². The molecule has 8 heteroatoms. The van der Waals surface area contributed by atoms with Gasteiger partial charge in [-0.3, -0.25) is 4.18 Å². The van der Waals surface area contributed by atoms with Crippen LogP contribution in [0.4, 0.5) is 0 Å². The van der Waals surface area contributed by atoms with E-state index in [9.17, 15) is 13.0 Å². The first kappa shape index (κ1) is 13.0. The third-order valence-corrected chi connectivity index (χ3v) is 3.51. The molecule has 0 N–H and O–H groups in total. The summed E-state index contributed by atoms with van der Waals surface area (Å²) >= 11 is 0. The Morgan fingerprint density at radius 1 is 1.40 bits per heavy atom. The van der Waals surface area contributed by atoms with E-state index in [0.29, 0.717) is 6.42 Å². The number of hydrogen-bond acceptors (Lipinski definition) is 6. The second-order valence-corrected chi connectivity index (χ2v) is 6.20. The predicted octanol–water partition coefficient (Wildman–Crippen LogP) is 1.06. The van der Waals surface area contributed by atoms with Crippen molar-refractivity contribution in [1.29, 1.82) is 0 Å². The zero-order valence-electron chi connectivity index (χ0n) is 8.63.